The zero-order valence-corrected chi connectivity index (χ0v) is 24.9. The van der Waals surface area contributed by atoms with Gasteiger partial charge < -0.3 is 25.0 Å². The number of carbonyl (C=O) groups excluding carboxylic acids is 5. The number of Topliss-reactive ketones (excluding diaryl/α,β-unsaturated/α-hetero) is 1. The van der Waals surface area contributed by atoms with Crippen molar-refractivity contribution < 1.29 is 33.4 Å². The second kappa shape index (κ2) is 11.7. The summed E-state index contributed by atoms with van der Waals surface area (Å²) in [6.45, 7) is 9.91. The van der Waals surface area contributed by atoms with E-state index in [2.05, 4.69) is 29.2 Å². The van der Waals surface area contributed by atoms with Crippen molar-refractivity contribution in [2.24, 2.45) is 29.1 Å². The normalized spacial score (nSPS) is 27.1. The van der Waals surface area contributed by atoms with E-state index in [4.69, 9.17) is 4.74 Å². The molecule has 0 aromatic carbocycles. The van der Waals surface area contributed by atoms with Crippen molar-refractivity contribution in [1.82, 2.24) is 15.5 Å². The van der Waals surface area contributed by atoms with Crippen LogP contribution in [0.15, 0.2) is 0 Å². The van der Waals surface area contributed by atoms with Gasteiger partial charge in [-0.05, 0) is 75.5 Å². The molecule has 0 radical (unpaired) electrons. The number of alkyl carbamates (subject to hydrolysis) is 1. The number of hydrogen-bond donors (Lipinski definition) is 2. The predicted molar refractivity (Wildman–Crippen MR) is 147 cm³/mol. The van der Waals surface area contributed by atoms with Crippen LogP contribution in [0.4, 0.5) is 4.79 Å². The molecule has 224 valence electrons. The van der Waals surface area contributed by atoms with Crippen molar-refractivity contribution in [2.75, 3.05) is 13.7 Å². The van der Waals surface area contributed by atoms with Crippen LogP contribution < -0.4 is 10.6 Å². The summed E-state index contributed by atoms with van der Waals surface area (Å²) < 4.78 is 10.1. The van der Waals surface area contributed by atoms with Crippen LogP contribution >= 0.6 is 0 Å². The summed E-state index contributed by atoms with van der Waals surface area (Å²) in [4.78, 5) is 67.3. The maximum atomic E-state index is 14.2. The van der Waals surface area contributed by atoms with E-state index in [-0.39, 0.29) is 29.1 Å². The molecule has 1 saturated heterocycles. The molecule has 5 atom stereocenters. The predicted octanol–water partition coefficient (Wildman–Crippen LogP) is 3.36. The molecule has 4 fully saturated rings. The number of carbonyl (C=O) groups is 5. The Bertz CT molecular complexity index is 1010. The molecule has 10 heteroatoms. The third-order valence-electron chi connectivity index (χ3n) is 9.40. The second-order valence-electron chi connectivity index (χ2n) is 13.8. The first-order valence-corrected chi connectivity index (χ1v) is 15.0. The maximum absolute atomic E-state index is 14.2. The van der Waals surface area contributed by atoms with Crippen LogP contribution in [0.1, 0.15) is 92.4 Å². The summed E-state index contributed by atoms with van der Waals surface area (Å²) >= 11 is 0. The van der Waals surface area contributed by atoms with Gasteiger partial charge in [0.1, 0.15) is 17.7 Å². The van der Waals surface area contributed by atoms with Crippen molar-refractivity contribution >= 4 is 29.7 Å². The molecule has 0 aromatic rings. The number of nitrogens with one attached hydrogen (secondary N) is 2. The van der Waals surface area contributed by atoms with Crippen LogP contribution in [0.3, 0.4) is 0 Å². The first kappa shape index (κ1) is 30.3. The van der Waals surface area contributed by atoms with Gasteiger partial charge in [0.05, 0.1) is 13.2 Å². The minimum atomic E-state index is -0.993. The summed E-state index contributed by atoms with van der Waals surface area (Å²) in [5.41, 5.74) is -0.846. The fourth-order valence-electron chi connectivity index (χ4n) is 6.85. The largest absolute Gasteiger partial charge is 0.463 e. The Balaban J connectivity index is 1.55. The molecule has 4 rings (SSSR count). The first-order chi connectivity index (χ1) is 18.7. The molecule has 10 nitrogen and oxygen atoms in total. The highest BCUT2D eigenvalue weighted by Crippen LogP contribution is 2.65. The number of rotatable bonds is 10. The summed E-state index contributed by atoms with van der Waals surface area (Å²) in [6.07, 6.45) is 7.29. The third-order valence-corrected chi connectivity index (χ3v) is 9.40. The molecule has 0 aromatic heterocycles. The lowest BCUT2D eigenvalue weighted by Crippen LogP contribution is -2.59. The number of likely N-dealkylation sites (tertiary alicyclic amines) is 1. The lowest BCUT2D eigenvalue weighted by molar-refractivity contribution is -0.153. The lowest BCUT2D eigenvalue weighted by atomic mass is 9.83. The van der Waals surface area contributed by atoms with E-state index in [9.17, 15) is 24.0 Å². The summed E-state index contributed by atoms with van der Waals surface area (Å²) in [6, 6.07) is -2.58. The molecule has 1 heterocycles. The third kappa shape index (κ3) is 6.79. The minimum Gasteiger partial charge on any atom is -0.463 e. The zero-order valence-electron chi connectivity index (χ0n) is 24.9. The van der Waals surface area contributed by atoms with Gasteiger partial charge in [-0.2, -0.15) is 0 Å². The Morgan fingerprint density at radius 3 is 2.20 bits per heavy atom. The van der Waals surface area contributed by atoms with Crippen LogP contribution in [-0.4, -0.2) is 71.9 Å². The standard InChI is InChI=1S/C30H47N3O7/c1-29(2,3)40-28(38)32-22(18-10-8-7-9-11-18)26(36)33-16-19-21(30(19,4)5)23(33)25(35)31-20(15-14-17-12-13-17)24(34)27(37)39-6/h17-23H,7-16H2,1-6H3,(H,31,35)(H,32,38)/t19-,20?,21-,22-,23-/m0/s1. The number of amides is 3. The average molecular weight is 562 g/mol. The van der Waals surface area contributed by atoms with Crippen molar-refractivity contribution in [1.29, 1.82) is 0 Å². The van der Waals surface area contributed by atoms with Crippen LogP contribution in [0.5, 0.6) is 0 Å². The number of ether oxygens (including phenoxy) is 2. The maximum Gasteiger partial charge on any atom is 0.408 e. The molecule has 0 bridgehead atoms. The van der Waals surface area contributed by atoms with E-state index >= 15 is 0 Å². The SMILES string of the molecule is COC(=O)C(=O)C(CCC1CC1)NC(=O)[C@@H]1[C@@H]2[C@H](CN1C(=O)[C@@H](NC(=O)OC(C)(C)C)C1CCCCC1)C2(C)C. The highest BCUT2D eigenvalue weighted by molar-refractivity contribution is 6.36. The van der Waals surface area contributed by atoms with E-state index in [0.717, 1.165) is 58.5 Å². The van der Waals surface area contributed by atoms with Crippen molar-refractivity contribution in [2.45, 2.75) is 116 Å². The molecule has 1 aliphatic heterocycles. The van der Waals surface area contributed by atoms with Gasteiger partial charge in [0.15, 0.2) is 0 Å². The summed E-state index contributed by atoms with van der Waals surface area (Å²) in [7, 11) is 1.15. The van der Waals surface area contributed by atoms with E-state index < -0.39 is 47.5 Å². The van der Waals surface area contributed by atoms with Gasteiger partial charge in [0.25, 0.3) is 5.78 Å². The van der Waals surface area contributed by atoms with Gasteiger partial charge >= 0.3 is 12.1 Å². The zero-order chi connectivity index (χ0) is 29.4. The molecule has 2 N–H and O–H groups in total. The van der Waals surface area contributed by atoms with Gasteiger partial charge in [-0.3, -0.25) is 14.4 Å². The fourth-order valence-corrected chi connectivity index (χ4v) is 6.85. The number of hydrogen-bond acceptors (Lipinski definition) is 7. The number of nitrogens with zero attached hydrogens (tertiary/aromatic N) is 1. The average Bonchev–Trinajstić information content (AvgIpc) is 3.75. The minimum absolute atomic E-state index is 0.0467. The molecular formula is C30H47N3O7. The number of piperidine rings is 1. The van der Waals surface area contributed by atoms with Crippen molar-refractivity contribution in [3.05, 3.63) is 0 Å². The molecule has 4 aliphatic rings. The van der Waals surface area contributed by atoms with Gasteiger partial charge in [-0.25, -0.2) is 9.59 Å². The number of fused-ring (bicyclic) bond motifs is 1. The second-order valence-corrected chi connectivity index (χ2v) is 13.8. The van der Waals surface area contributed by atoms with E-state index in [1.807, 2.05) is 0 Å². The smallest absolute Gasteiger partial charge is 0.408 e. The first-order valence-electron chi connectivity index (χ1n) is 15.0. The molecule has 0 spiro atoms. The molecular weight excluding hydrogens is 514 g/mol. The van der Waals surface area contributed by atoms with Crippen molar-refractivity contribution in [3.8, 4) is 0 Å². The highest BCUT2D eigenvalue weighted by atomic mass is 16.6. The molecule has 40 heavy (non-hydrogen) atoms. The molecule has 1 unspecified atom stereocenters. The number of ketones is 1. The van der Waals surface area contributed by atoms with E-state index in [1.54, 1.807) is 25.7 Å². The fraction of sp³-hybridized carbons (Fsp3) is 0.833. The Hall–Kier alpha value is -2.65. The Morgan fingerprint density at radius 1 is 0.975 bits per heavy atom. The topological polar surface area (TPSA) is 131 Å². The van der Waals surface area contributed by atoms with Gasteiger partial charge in [-0.15, -0.1) is 0 Å². The molecule has 3 aliphatic carbocycles. The Labute approximate surface area is 237 Å². The number of methoxy groups -OCH3 is 1. The van der Waals surface area contributed by atoms with E-state index in [0.29, 0.717) is 18.9 Å². The van der Waals surface area contributed by atoms with Gasteiger partial charge in [0, 0.05) is 6.54 Å². The number of esters is 1. The lowest BCUT2D eigenvalue weighted by Gasteiger charge is -2.37. The summed E-state index contributed by atoms with van der Waals surface area (Å²) in [5.74, 6) is -1.93. The molecule has 3 saturated carbocycles. The molecule has 3 amide bonds. The van der Waals surface area contributed by atoms with E-state index in [1.165, 1.54) is 0 Å². The van der Waals surface area contributed by atoms with Crippen LogP contribution in [0, 0.1) is 29.1 Å². The van der Waals surface area contributed by atoms with Crippen LogP contribution in [0.25, 0.3) is 0 Å². The Kier molecular flexibility index (Phi) is 8.85. The van der Waals surface area contributed by atoms with Crippen molar-refractivity contribution in [3.63, 3.8) is 0 Å². The van der Waals surface area contributed by atoms with Crippen LogP contribution in [0.2, 0.25) is 0 Å². The monoisotopic (exact) mass is 561 g/mol. The van der Waals surface area contributed by atoms with Crippen LogP contribution in [-0.2, 0) is 28.7 Å². The summed E-state index contributed by atoms with van der Waals surface area (Å²) in [5, 5.41) is 5.68. The highest BCUT2D eigenvalue weighted by Gasteiger charge is 2.69. The Morgan fingerprint density at radius 2 is 1.62 bits per heavy atom. The quantitative estimate of drug-likeness (QED) is 0.309. The van der Waals surface area contributed by atoms with Gasteiger partial charge in [0.2, 0.25) is 11.8 Å². The van der Waals surface area contributed by atoms with Gasteiger partial charge in [-0.1, -0.05) is 46.0 Å².